The monoisotopic (exact) mass is 1150 g/mol. The van der Waals surface area contributed by atoms with Gasteiger partial charge in [0.2, 0.25) is 11.4 Å². The molecule has 0 aliphatic carbocycles. The smallest absolute Gasteiger partial charge is 0.493 e. The molecule has 2 aromatic rings. The second-order valence-corrected chi connectivity index (χ2v) is 24.5. The summed E-state index contributed by atoms with van der Waals surface area (Å²) in [5.74, 6) is 0. The third-order valence-electron chi connectivity index (χ3n) is 17.0. The Morgan fingerprint density at radius 2 is 0.588 bits per heavy atom. The molecule has 0 atom stereocenters. The normalized spacial score (nSPS) is 12.2. The van der Waals surface area contributed by atoms with Gasteiger partial charge in [0, 0.05) is 22.3 Å². The van der Waals surface area contributed by atoms with E-state index in [9.17, 15) is 5.53 Å². The van der Waals surface area contributed by atoms with Crippen molar-refractivity contribution in [2.24, 2.45) is 0 Å². The van der Waals surface area contributed by atoms with Gasteiger partial charge >= 0.3 is 16.5 Å². The van der Waals surface area contributed by atoms with Crippen LogP contribution in [0.2, 0.25) is 0 Å². The van der Waals surface area contributed by atoms with Crippen LogP contribution in [0.25, 0.3) is 16.9 Å². The first-order valence-electron chi connectivity index (χ1n) is 35.7. The van der Waals surface area contributed by atoms with Gasteiger partial charge in [-0.3, -0.25) is 0 Å². The van der Waals surface area contributed by atoms with Crippen LogP contribution in [0.15, 0.2) is 59.7 Å². The van der Waals surface area contributed by atoms with Crippen molar-refractivity contribution in [2.45, 2.75) is 382 Å². The van der Waals surface area contributed by atoms with Crippen molar-refractivity contribution in [1.82, 2.24) is 0 Å². The van der Waals surface area contributed by atoms with Gasteiger partial charge in [-0.15, -0.1) is 0 Å². The quantitative estimate of drug-likeness (QED) is 0.0273. The summed E-state index contributed by atoms with van der Waals surface area (Å²) in [5.41, 5.74) is 21.5. The summed E-state index contributed by atoms with van der Waals surface area (Å²) in [6.07, 6.45) is 72.7. The summed E-state index contributed by atoms with van der Waals surface area (Å²) >= 11 is 0. The minimum Gasteiger partial charge on any atom is -0.493 e. The molecule has 0 fully saturated rings. The van der Waals surface area contributed by atoms with Gasteiger partial charge in [0.15, 0.2) is 0 Å². The molecule has 2 aromatic carbocycles. The molecule has 0 bridgehead atoms. The average Bonchev–Trinajstić information content (AvgIpc) is 3.78. The summed E-state index contributed by atoms with van der Waals surface area (Å²) in [4.78, 5) is 0. The molecular weight excluding hydrogens is 1010 g/mol. The van der Waals surface area contributed by atoms with Gasteiger partial charge in [-0.25, -0.2) is 4.70 Å². The number of nitrogens with zero attached hydrogens (tertiary/aromatic N) is 2. The molecule has 3 heteroatoms. The van der Waals surface area contributed by atoms with Crippen molar-refractivity contribution in [1.29, 1.82) is 0 Å². The van der Waals surface area contributed by atoms with Crippen LogP contribution in [0.4, 0.5) is 0 Å². The molecule has 2 nitrogen and oxygen atoms in total. The molecule has 80 heavy (non-hydrogen) atoms. The van der Waals surface area contributed by atoms with Crippen molar-refractivity contribution in [2.75, 3.05) is 0 Å². The van der Waals surface area contributed by atoms with Gasteiger partial charge in [-0.1, -0.05) is 348 Å². The second kappa shape index (κ2) is 60.1. The van der Waals surface area contributed by atoms with Crippen LogP contribution in [0.5, 0.6) is 0 Å². The van der Waals surface area contributed by atoms with Gasteiger partial charge in [0.1, 0.15) is 0 Å². The maximum Gasteiger partial charge on any atom is 2.00 e. The first-order chi connectivity index (χ1) is 39.0. The van der Waals surface area contributed by atoms with Gasteiger partial charge in [0.05, 0.1) is 0 Å². The van der Waals surface area contributed by atoms with E-state index in [0.717, 1.165) is 61.0 Å². The summed E-state index contributed by atoms with van der Waals surface area (Å²) in [5, 5.41) is 0. The number of hydrogen-bond donors (Lipinski definition) is 0. The third kappa shape index (κ3) is 41.9. The fraction of sp³-hybridized carbons (Fsp3) is 0.766. The summed E-state index contributed by atoms with van der Waals surface area (Å²) < 4.78 is 1.54. The largest absolute Gasteiger partial charge is 2.00 e. The van der Waals surface area contributed by atoms with Crippen molar-refractivity contribution < 1.29 is 21.2 Å². The van der Waals surface area contributed by atoms with E-state index < -0.39 is 0 Å². The van der Waals surface area contributed by atoms with Crippen LogP contribution in [0.3, 0.4) is 0 Å². The Bertz CT molecular complexity index is 1600. The number of benzene rings is 2. The van der Waals surface area contributed by atoms with E-state index in [0.29, 0.717) is 0 Å². The molecule has 1 heterocycles. The number of rotatable bonds is 53. The Kier molecular flexibility index (Phi) is 58.7. The van der Waals surface area contributed by atoms with Crippen LogP contribution in [-0.4, -0.2) is 4.70 Å². The van der Waals surface area contributed by atoms with E-state index in [1.165, 1.54) is 329 Å². The predicted octanol–water partition coefficient (Wildman–Crippen LogP) is 27.6. The zero-order valence-electron chi connectivity index (χ0n) is 54.7. The van der Waals surface area contributed by atoms with Crippen LogP contribution in [0.1, 0.15) is 391 Å². The molecule has 1 aliphatic rings. The van der Waals surface area contributed by atoms with Crippen molar-refractivity contribution in [3.63, 3.8) is 0 Å². The molecule has 0 spiro atoms. The van der Waals surface area contributed by atoms with Crippen LogP contribution < -0.4 is 0 Å². The first-order valence-corrected chi connectivity index (χ1v) is 35.7. The standard InChI is InChI=1S/C33H46N2.2C22H45.Ni/c1-5-9-12-14-20-30-31(19-13-10-6-2)33(29-18-15-17-27(25-29)16-11-7-3)35(34)32(30)28-23-21-26(8-4)22-24-28;2*1-3-5-7-9-11-13-15-17-19-21-22-20-18-16-14-12-10-8-6-4-2;/h15,17-18,21-25H,5-14,16,19-20H2,1-4H3;2*1,3-22H2,2H3;/q;2*-1;+2. The Labute approximate surface area is 512 Å². The van der Waals surface area contributed by atoms with E-state index in [1.54, 1.807) is 0 Å². The predicted molar refractivity (Wildman–Crippen MR) is 358 cm³/mol. The summed E-state index contributed by atoms with van der Waals surface area (Å²) in [6, 6.07) is 17.7. The van der Waals surface area contributed by atoms with Crippen molar-refractivity contribution in [3.05, 3.63) is 101 Å². The molecule has 0 N–H and O–H groups in total. The van der Waals surface area contributed by atoms with Crippen LogP contribution in [-0.2, 0) is 29.3 Å². The number of aryl methyl sites for hydroxylation is 2. The number of allylic oxidation sites excluding steroid dienone is 2. The van der Waals surface area contributed by atoms with Gasteiger partial charge in [0.25, 0.3) is 0 Å². The van der Waals surface area contributed by atoms with Crippen molar-refractivity contribution >= 4 is 11.4 Å². The molecule has 0 aromatic heterocycles. The Balaban J connectivity index is 0.00000122. The molecule has 1 aliphatic heterocycles. The van der Waals surface area contributed by atoms with Crippen molar-refractivity contribution in [3.8, 4) is 0 Å². The summed E-state index contributed by atoms with van der Waals surface area (Å²) in [6.45, 7) is 21.4. The zero-order chi connectivity index (χ0) is 57.3. The maximum atomic E-state index is 11.8. The molecule has 464 valence electrons. The molecule has 3 rings (SSSR count). The minimum absolute atomic E-state index is 0. The SMILES string of the molecule is CCCCCCC1=C(c2ccc(CC)cc2)[N+](=[N-])C(c2cccc(CCCC)c2)=C1CCCCC.[CH2-]CCCCCCCCCCCCCCCCCCCCC.[CH2-]CCCCCCCCCCCCCCCCCCCCC.[Ni+2]. The van der Waals surface area contributed by atoms with E-state index in [1.807, 2.05) is 0 Å². The topological polar surface area (TPSA) is 25.3 Å². The molecule has 0 unspecified atom stereocenters. The van der Waals surface area contributed by atoms with E-state index in [-0.39, 0.29) is 16.5 Å². The molecular formula is C77H136N2Ni. The fourth-order valence-electron chi connectivity index (χ4n) is 11.7. The molecule has 0 saturated heterocycles. The maximum absolute atomic E-state index is 11.8. The molecule has 0 amide bonds. The average molecular weight is 1150 g/mol. The van der Waals surface area contributed by atoms with Gasteiger partial charge < -0.3 is 19.4 Å². The van der Waals surface area contributed by atoms with E-state index in [4.69, 9.17) is 0 Å². The summed E-state index contributed by atoms with van der Waals surface area (Å²) in [7, 11) is 0. The number of unbranched alkanes of at least 4 members (excludes halogenated alkanes) is 44. The number of hydrogen-bond acceptors (Lipinski definition) is 0. The van der Waals surface area contributed by atoms with E-state index in [2.05, 4.69) is 104 Å². The first kappa shape index (κ1) is 78.0. The fourth-order valence-corrected chi connectivity index (χ4v) is 11.7. The van der Waals surface area contributed by atoms with Crippen LogP contribution in [0, 0.1) is 13.8 Å². The minimum atomic E-state index is 0. The third-order valence-corrected chi connectivity index (χ3v) is 17.0. The van der Waals surface area contributed by atoms with Crippen LogP contribution >= 0.6 is 0 Å². The van der Waals surface area contributed by atoms with E-state index >= 15 is 0 Å². The zero-order valence-corrected chi connectivity index (χ0v) is 55.7. The Morgan fingerprint density at radius 1 is 0.300 bits per heavy atom. The molecule has 0 radical (unpaired) electrons. The van der Waals surface area contributed by atoms with Gasteiger partial charge in [-0.05, 0) is 80.3 Å². The Morgan fingerprint density at radius 3 is 0.912 bits per heavy atom. The molecule has 0 saturated carbocycles. The second-order valence-electron chi connectivity index (χ2n) is 24.5. The van der Waals surface area contributed by atoms with Gasteiger partial charge in [-0.2, -0.15) is 12.8 Å². The Hall–Kier alpha value is -1.99.